The van der Waals surface area contributed by atoms with Gasteiger partial charge in [0.1, 0.15) is 18.1 Å². The number of benzene rings is 1. The van der Waals surface area contributed by atoms with Crippen LogP contribution >= 0.6 is 0 Å². The monoisotopic (exact) mass is 736 g/mol. The number of carbonyl (C=O) groups excluding carboxylic acids is 1. The van der Waals surface area contributed by atoms with Gasteiger partial charge in [0.15, 0.2) is 5.52 Å². The van der Waals surface area contributed by atoms with E-state index in [0.29, 0.717) is 117 Å². The molecule has 52 heavy (non-hydrogen) atoms. The van der Waals surface area contributed by atoms with Crippen LogP contribution in [0.4, 0.5) is 0 Å². The summed E-state index contributed by atoms with van der Waals surface area (Å²) in [6.07, 6.45) is 2.96. The molecule has 0 fully saturated rings. The minimum absolute atomic E-state index is 0.112. The lowest BCUT2D eigenvalue weighted by Gasteiger charge is -2.08. The first-order chi connectivity index (χ1) is 25.4. The van der Waals surface area contributed by atoms with Crippen LogP contribution in [0, 0.1) is 0 Å². The number of esters is 1. The number of nitrogens with one attached hydrogen (secondary N) is 1. The normalized spacial score (nSPS) is 11.7. The quantitative estimate of drug-likeness (QED) is 0.0581. The molecular weight excluding hydrogens is 684 g/mol. The Morgan fingerprint density at radius 2 is 1.06 bits per heavy atom. The van der Waals surface area contributed by atoms with Crippen LogP contribution in [-0.4, -0.2) is 151 Å². The molecule has 17 heteroatoms. The molecule has 3 aromatic rings. The number of H-pyrrole nitrogens is 1. The summed E-state index contributed by atoms with van der Waals surface area (Å²) in [5.74, 6) is -0.0406. The van der Waals surface area contributed by atoms with E-state index < -0.39 is 17.2 Å². The molecule has 3 rings (SSSR count). The summed E-state index contributed by atoms with van der Waals surface area (Å²) in [4.78, 5) is 44.1. The molecule has 2 aromatic heterocycles. The van der Waals surface area contributed by atoms with E-state index in [1.165, 1.54) is 17.7 Å². The number of fused-ring (bicyclic) bond motifs is 1. The van der Waals surface area contributed by atoms with E-state index in [1.54, 1.807) is 44.5 Å². The fourth-order valence-corrected chi connectivity index (χ4v) is 4.41. The third-order valence-electron chi connectivity index (χ3n) is 7.21. The number of nitrogens with zero attached hydrogens (tertiary/aromatic N) is 3. The van der Waals surface area contributed by atoms with Gasteiger partial charge < -0.3 is 52.4 Å². The SMILES string of the molecule is COCCOCCOCCOCCOCCOCCOCCOCCOCCOC(=O)/C=C/c1ccc(-c2nc3c(=O)n(C)c(=O)n(C)c3[nH]2)cc1. The average Bonchev–Trinajstić information content (AvgIpc) is 3.61. The maximum atomic E-state index is 12.4. The summed E-state index contributed by atoms with van der Waals surface area (Å²) in [6, 6.07) is 7.19. The van der Waals surface area contributed by atoms with Gasteiger partial charge in [-0.15, -0.1) is 0 Å². The van der Waals surface area contributed by atoms with Gasteiger partial charge in [0.2, 0.25) is 0 Å². The van der Waals surface area contributed by atoms with Gasteiger partial charge in [-0.3, -0.25) is 13.9 Å². The second-order valence-corrected chi connectivity index (χ2v) is 11.0. The number of hydrogen-bond acceptors (Lipinski definition) is 14. The Balaban J connectivity index is 1.08. The largest absolute Gasteiger partial charge is 0.460 e. The lowest BCUT2D eigenvalue weighted by molar-refractivity contribution is -0.139. The molecule has 0 aliphatic heterocycles. The van der Waals surface area contributed by atoms with Crippen LogP contribution in [-0.2, 0) is 66.3 Å². The van der Waals surface area contributed by atoms with Gasteiger partial charge in [0.05, 0.1) is 112 Å². The molecule has 0 saturated carbocycles. The Hall–Kier alpha value is -3.78. The van der Waals surface area contributed by atoms with Gasteiger partial charge in [-0.1, -0.05) is 24.3 Å². The molecular formula is C35H52N4O13. The van der Waals surface area contributed by atoms with Crippen molar-refractivity contribution in [3.8, 4) is 11.4 Å². The number of ether oxygens (including phenoxy) is 10. The minimum Gasteiger partial charge on any atom is -0.460 e. The highest BCUT2D eigenvalue weighted by Gasteiger charge is 2.14. The highest BCUT2D eigenvalue weighted by atomic mass is 16.6. The maximum Gasteiger partial charge on any atom is 0.332 e. The molecule has 0 atom stereocenters. The van der Waals surface area contributed by atoms with Crippen LogP contribution in [0.3, 0.4) is 0 Å². The van der Waals surface area contributed by atoms with Crippen molar-refractivity contribution in [1.29, 1.82) is 0 Å². The van der Waals surface area contributed by atoms with E-state index in [0.717, 1.165) is 15.7 Å². The minimum atomic E-state index is -0.494. The number of aromatic nitrogens is 4. The lowest BCUT2D eigenvalue weighted by Crippen LogP contribution is -2.36. The summed E-state index contributed by atoms with van der Waals surface area (Å²) >= 11 is 0. The molecule has 0 amide bonds. The van der Waals surface area contributed by atoms with Crippen molar-refractivity contribution in [1.82, 2.24) is 19.1 Å². The summed E-state index contributed by atoms with van der Waals surface area (Å²) in [5.41, 5.74) is 1.10. The zero-order chi connectivity index (χ0) is 37.2. The van der Waals surface area contributed by atoms with Crippen LogP contribution in [0.2, 0.25) is 0 Å². The third-order valence-corrected chi connectivity index (χ3v) is 7.21. The molecule has 0 bridgehead atoms. The number of aromatic amines is 1. The standard InChI is InChI=1S/C35H52N4O13/c1-38-33-31(34(41)39(2)35(38)42)36-32(37-33)29-7-4-28(5-8-29)6-9-30(40)52-27-26-51-25-24-50-23-22-49-21-20-48-19-18-47-17-16-46-15-14-45-13-12-44-11-10-43-3/h4-9H,10-27H2,1-3H3,(H,36,37)/b9-6+. The van der Waals surface area contributed by atoms with Crippen molar-refractivity contribution in [3.63, 3.8) is 0 Å². The predicted molar refractivity (Wildman–Crippen MR) is 190 cm³/mol. The Labute approximate surface area is 302 Å². The van der Waals surface area contributed by atoms with E-state index in [-0.39, 0.29) is 18.7 Å². The van der Waals surface area contributed by atoms with Crippen molar-refractivity contribution in [2.45, 2.75) is 0 Å². The average molecular weight is 737 g/mol. The number of methoxy groups -OCH3 is 1. The van der Waals surface area contributed by atoms with Gasteiger partial charge in [-0.2, -0.15) is 0 Å². The summed E-state index contributed by atoms with van der Waals surface area (Å²) < 4.78 is 55.8. The zero-order valence-electron chi connectivity index (χ0n) is 30.3. The van der Waals surface area contributed by atoms with Gasteiger partial charge in [-0.25, -0.2) is 14.6 Å². The van der Waals surface area contributed by atoms with Crippen molar-refractivity contribution in [2.75, 3.05) is 126 Å². The van der Waals surface area contributed by atoms with Crippen molar-refractivity contribution < 1.29 is 52.2 Å². The highest BCUT2D eigenvalue weighted by Crippen LogP contribution is 2.19. The summed E-state index contributed by atoms with van der Waals surface area (Å²) in [5, 5.41) is 0. The first-order valence-corrected chi connectivity index (χ1v) is 17.1. The van der Waals surface area contributed by atoms with Crippen LogP contribution in [0.1, 0.15) is 5.56 Å². The first-order valence-electron chi connectivity index (χ1n) is 17.1. The molecule has 1 N–H and O–H groups in total. The third kappa shape index (κ3) is 16.3. The second-order valence-electron chi connectivity index (χ2n) is 11.0. The van der Waals surface area contributed by atoms with Crippen molar-refractivity contribution in [3.05, 3.63) is 56.7 Å². The van der Waals surface area contributed by atoms with Crippen LogP contribution in [0.5, 0.6) is 0 Å². The Morgan fingerprint density at radius 3 is 1.50 bits per heavy atom. The predicted octanol–water partition coefficient (Wildman–Crippen LogP) is 0.963. The smallest absolute Gasteiger partial charge is 0.332 e. The highest BCUT2D eigenvalue weighted by molar-refractivity contribution is 5.87. The Kier molecular flexibility index (Phi) is 21.4. The van der Waals surface area contributed by atoms with Gasteiger partial charge >= 0.3 is 11.7 Å². The Morgan fingerprint density at radius 1 is 0.635 bits per heavy atom. The molecule has 0 aliphatic rings. The molecule has 0 aliphatic carbocycles. The molecule has 0 saturated heterocycles. The lowest BCUT2D eigenvalue weighted by atomic mass is 10.1. The second kappa shape index (κ2) is 26.1. The van der Waals surface area contributed by atoms with Gasteiger partial charge in [-0.05, 0) is 11.6 Å². The number of rotatable bonds is 30. The number of aryl methyl sites for hydroxylation is 1. The van der Waals surface area contributed by atoms with E-state index in [4.69, 9.17) is 47.4 Å². The first kappa shape index (κ1) is 42.6. The molecule has 17 nitrogen and oxygen atoms in total. The number of hydrogen-bond donors (Lipinski definition) is 1. The van der Waals surface area contributed by atoms with Crippen LogP contribution < -0.4 is 11.2 Å². The number of carbonyl (C=O) groups is 1. The molecule has 1 aromatic carbocycles. The van der Waals surface area contributed by atoms with E-state index >= 15 is 0 Å². The van der Waals surface area contributed by atoms with Gasteiger partial charge in [0, 0.05) is 32.8 Å². The van der Waals surface area contributed by atoms with E-state index in [2.05, 4.69) is 9.97 Å². The molecule has 0 unspecified atom stereocenters. The van der Waals surface area contributed by atoms with E-state index in [1.807, 2.05) is 0 Å². The topological polar surface area (TPSA) is 182 Å². The Bertz CT molecular complexity index is 1570. The summed E-state index contributed by atoms with van der Waals surface area (Å²) in [6.45, 7) is 8.11. The molecule has 0 spiro atoms. The molecule has 0 radical (unpaired) electrons. The van der Waals surface area contributed by atoms with Crippen molar-refractivity contribution >= 4 is 23.2 Å². The number of imidazole rings is 1. The summed E-state index contributed by atoms with van der Waals surface area (Å²) in [7, 11) is 4.62. The molecule has 2 heterocycles. The zero-order valence-corrected chi connectivity index (χ0v) is 30.3. The van der Waals surface area contributed by atoms with Crippen LogP contribution in [0.25, 0.3) is 28.6 Å². The van der Waals surface area contributed by atoms with Gasteiger partial charge in [0.25, 0.3) is 5.56 Å². The van der Waals surface area contributed by atoms with Crippen molar-refractivity contribution in [2.24, 2.45) is 14.1 Å². The van der Waals surface area contributed by atoms with Crippen LogP contribution in [0.15, 0.2) is 39.9 Å². The fraction of sp³-hybridized carbons (Fsp3) is 0.600. The molecule has 290 valence electrons. The van der Waals surface area contributed by atoms with E-state index in [9.17, 15) is 14.4 Å². The maximum absolute atomic E-state index is 12.4. The fourth-order valence-electron chi connectivity index (χ4n) is 4.41.